The molecule has 1 fully saturated rings. The predicted octanol–water partition coefficient (Wildman–Crippen LogP) is 0.00600. The molecule has 0 aromatic rings. The molecule has 0 saturated carbocycles. The van der Waals surface area contributed by atoms with E-state index in [1.165, 1.54) is 0 Å². The molecule has 1 aliphatic heterocycles. The maximum absolute atomic E-state index is 11.7. The highest BCUT2D eigenvalue weighted by Crippen LogP contribution is 2.09. The third-order valence-electron chi connectivity index (χ3n) is 2.85. The molecule has 4 nitrogen and oxygen atoms in total. The van der Waals surface area contributed by atoms with Crippen LogP contribution in [0, 0.1) is 5.92 Å². The van der Waals surface area contributed by atoms with Crippen molar-refractivity contribution < 1.29 is 4.79 Å². The molecular formula is C11H23N3O. The average molecular weight is 213 g/mol. The first-order valence-corrected chi connectivity index (χ1v) is 5.69. The van der Waals surface area contributed by atoms with Crippen LogP contribution in [-0.2, 0) is 4.79 Å². The van der Waals surface area contributed by atoms with Crippen molar-refractivity contribution in [1.29, 1.82) is 0 Å². The van der Waals surface area contributed by atoms with Crippen molar-refractivity contribution in [2.24, 2.45) is 5.92 Å². The molecule has 4 heteroatoms. The first-order chi connectivity index (χ1) is 7.09. The van der Waals surface area contributed by atoms with Crippen LogP contribution in [0.5, 0.6) is 0 Å². The number of amides is 1. The van der Waals surface area contributed by atoms with Crippen molar-refractivity contribution in [2.45, 2.75) is 12.8 Å². The zero-order valence-electron chi connectivity index (χ0n) is 10.1. The summed E-state index contributed by atoms with van der Waals surface area (Å²) in [6, 6.07) is 0. The smallest absolute Gasteiger partial charge is 0.222 e. The van der Waals surface area contributed by atoms with Crippen molar-refractivity contribution >= 4 is 5.91 Å². The van der Waals surface area contributed by atoms with Crippen molar-refractivity contribution in [2.75, 3.05) is 47.3 Å². The van der Waals surface area contributed by atoms with Crippen LogP contribution in [0.25, 0.3) is 0 Å². The second-order valence-electron chi connectivity index (χ2n) is 4.70. The molecule has 0 bridgehead atoms. The highest BCUT2D eigenvalue weighted by molar-refractivity contribution is 5.76. The first-order valence-electron chi connectivity index (χ1n) is 5.69. The summed E-state index contributed by atoms with van der Waals surface area (Å²) < 4.78 is 0. The third-order valence-corrected chi connectivity index (χ3v) is 2.85. The van der Waals surface area contributed by atoms with E-state index in [9.17, 15) is 4.79 Å². The molecule has 0 spiro atoms. The maximum Gasteiger partial charge on any atom is 0.222 e. The van der Waals surface area contributed by atoms with E-state index in [1.54, 1.807) is 0 Å². The van der Waals surface area contributed by atoms with Gasteiger partial charge in [0.25, 0.3) is 0 Å². The SMILES string of the molecule is CN(C)CCCN(C)C(=O)CC1CNC1. The fraction of sp³-hybridized carbons (Fsp3) is 0.909. The lowest BCUT2D eigenvalue weighted by Crippen LogP contribution is -2.45. The summed E-state index contributed by atoms with van der Waals surface area (Å²) in [6.07, 6.45) is 1.77. The Morgan fingerprint density at radius 2 is 1.93 bits per heavy atom. The Morgan fingerprint density at radius 1 is 1.27 bits per heavy atom. The zero-order chi connectivity index (χ0) is 11.3. The second-order valence-corrected chi connectivity index (χ2v) is 4.70. The van der Waals surface area contributed by atoms with E-state index >= 15 is 0 Å². The Hall–Kier alpha value is -0.610. The summed E-state index contributed by atoms with van der Waals surface area (Å²) in [5.41, 5.74) is 0. The lowest BCUT2D eigenvalue weighted by atomic mass is 9.99. The molecule has 1 saturated heterocycles. The van der Waals surface area contributed by atoms with Gasteiger partial charge in [-0.05, 0) is 46.1 Å². The molecule has 88 valence electrons. The molecule has 1 aliphatic rings. The van der Waals surface area contributed by atoms with Gasteiger partial charge in [-0.1, -0.05) is 0 Å². The van der Waals surface area contributed by atoms with Crippen molar-refractivity contribution in [3.63, 3.8) is 0 Å². The molecule has 1 amide bonds. The molecule has 0 aliphatic carbocycles. The minimum atomic E-state index is 0.292. The van der Waals surface area contributed by atoms with Gasteiger partial charge in [-0.15, -0.1) is 0 Å². The Morgan fingerprint density at radius 3 is 2.40 bits per heavy atom. The van der Waals surface area contributed by atoms with Gasteiger partial charge in [-0.25, -0.2) is 0 Å². The van der Waals surface area contributed by atoms with Gasteiger partial charge in [0.05, 0.1) is 0 Å². The molecule has 0 radical (unpaired) electrons. The normalized spacial score (nSPS) is 16.5. The van der Waals surface area contributed by atoms with Gasteiger partial charge in [-0.3, -0.25) is 4.79 Å². The third kappa shape index (κ3) is 4.62. The van der Waals surface area contributed by atoms with Gasteiger partial charge in [0.15, 0.2) is 0 Å². The van der Waals surface area contributed by atoms with Gasteiger partial charge >= 0.3 is 0 Å². The fourth-order valence-corrected chi connectivity index (χ4v) is 1.64. The number of rotatable bonds is 6. The van der Waals surface area contributed by atoms with Crippen LogP contribution in [0.4, 0.5) is 0 Å². The van der Waals surface area contributed by atoms with Crippen LogP contribution in [0.15, 0.2) is 0 Å². The van der Waals surface area contributed by atoms with Crippen LogP contribution >= 0.6 is 0 Å². The van der Waals surface area contributed by atoms with E-state index in [4.69, 9.17) is 0 Å². The van der Waals surface area contributed by atoms with Crippen molar-refractivity contribution in [3.8, 4) is 0 Å². The summed E-state index contributed by atoms with van der Waals surface area (Å²) in [7, 11) is 6.02. The molecule has 1 heterocycles. The van der Waals surface area contributed by atoms with Gasteiger partial charge < -0.3 is 15.1 Å². The molecular weight excluding hydrogens is 190 g/mol. The van der Waals surface area contributed by atoms with E-state index in [2.05, 4.69) is 24.3 Å². The predicted molar refractivity (Wildman–Crippen MR) is 61.8 cm³/mol. The first kappa shape index (κ1) is 12.5. The monoisotopic (exact) mass is 213 g/mol. The van der Waals surface area contributed by atoms with E-state index in [0.29, 0.717) is 18.2 Å². The quantitative estimate of drug-likeness (QED) is 0.675. The van der Waals surface area contributed by atoms with Crippen LogP contribution < -0.4 is 5.32 Å². The summed E-state index contributed by atoms with van der Waals surface area (Å²) >= 11 is 0. The molecule has 1 N–H and O–H groups in total. The van der Waals surface area contributed by atoms with Crippen molar-refractivity contribution in [3.05, 3.63) is 0 Å². The minimum absolute atomic E-state index is 0.292. The maximum atomic E-state index is 11.7. The number of hydrogen-bond donors (Lipinski definition) is 1. The van der Waals surface area contributed by atoms with Gasteiger partial charge in [0.1, 0.15) is 0 Å². The van der Waals surface area contributed by atoms with Crippen LogP contribution in [0.1, 0.15) is 12.8 Å². The van der Waals surface area contributed by atoms with E-state index < -0.39 is 0 Å². The zero-order valence-corrected chi connectivity index (χ0v) is 10.1. The lowest BCUT2D eigenvalue weighted by Gasteiger charge is -2.28. The average Bonchev–Trinajstić information content (AvgIpc) is 2.10. The summed E-state index contributed by atoms with van der Waals surface area (Å²) in [6.45, 7) is 3.94. The van der Waals surface area contributed by atoms with Crippen LogP contribution in [0.3, 0.4) is 0 Å². The minimum Gasteiger partial charge on any atom is -0.346 e. The van der Waals surface area contributed by atoms with E-state index in [0.717, 1.165) is 32.6 Å². The second kappa shape index (κ2) is 6.08. The highest BCUT2D eigenvalue weighted by atomic mass is 16.2. The Labute approximate surface area is 92.6 Å². The molecule has 0 aromatic heterocycles. The molecule has 15 heavy (non-hydrogen) atoms. The molecule has 0 atom stereocenters. The highest BCUT2D eigenvalue weighted by Gasteiger charge is 2.21. The summed E-state index contributed by atoms with van der Waals surface area (Å²) in [5.74, 6) is 0.869. The van der Waals surface area contributed by atoms with Gasteiger partial charge in [0, 0.05) is 20.0 Å². The number of carbonyl (C=O) groups excluding carboxylic acids is 1. The fourth-order valence-electron chi connectivity index (χ4n) is 1.64. The van der Waals surface area contributed by atoms with Crippen molar-refractivity contribution in [1.82, 2.24) is 15.1 Å². The number of hydrogen-bond acceptors (Lipinski definition) is 3. The van der Waals surface area contributed by atoms with Gasteiger partial charge in [-0.2, -0.15) is 0 Å². The summed E-state index contributed by atoms with van der Waals surface area (Å²) in [5, 5.41) is 3.19. The molecule has 1 rings (SSSR count). The summed E-state index contributed by atoms with van der Waals surface area (Å²) in [4.78, 5) is 15.7. The number of carbonyl (C=O) groups is 1. The van der Waals surface area contributed by atoms with Crippen LogP contribution in [-0.4, -0.2) is 63.0 Å². The molecule has 0 unspecified atom stereocenters. The van der Waals surface area contributed by atoms with E-state index in [1.807, 2.05) is 11.9 Å². The Kier molecular flexibility index (Phi) is 5.05. The Balaban J connectivity index is 2.09. The van der Waals surface area contributed by atoms with Crippen LogP contribution in [0.2, 0.25) is 0 Å². The topological polar surface area (TPSA) is 35.6 Å². The molecule has 0 aromatic carbocycles. The van der Waals surface area contributed by atoms with E-state index in [-0.39, 0.29) is 0 Å². The standard InChI is InChI=1S/C11H23N3O/c1-13(2)5-4-6-14(3)11(15)7-10-8-12-9-10/h10,12H,4-9H2,1-3H3. The lowest BCUT2D eigenvalue weighted by molar-refractivity contribution is -0.131. The number of nitrogens with one attached hydrogen (secondary N) is 1. The number of nitrogens with zero attached hydrogens (tertiary/aromatic N) is 2. The Bertz CT molecular complexity index is 202. The largest absolute Gasteiger partial charge is 0.346 e. The van der Waals surface area contributed by atoms with Gasteiger partial charge in [0.2, 0.25) is 5.91 Å².